The summed E-state index contributed by atoms with van der Waals surface area (Å²) in [7, 11) is 0. The molecule has 16 heavy (non-hydrogen) atoms. The first kappa shape index (κ1) is 12.9. The maximum Gasteiger partial charge on any atom is 0.146 e. The van der Waals surface area contributed by atoms with Crippen LogP contribution < -0.4 is 4.90 Å². The fourth-order valence-corrected chi connectivity index (χ4v) is 1.73. The van der Waals surface area contributed by atoms with Gasteiger partial charge in [-0.05, 0) is 19.4 Å². The number of benzene rings is 1. The van der Waals surface area contributed by atoms with E-state index in [1.54, 1.807) is 12.1 Å². The lowest BCUT2D eigenvalue weighted by Gasteiger charge is -2.25. The predicted octanol–water partition coefficient (Wildman–Crippen LogP) is 1.53. The van der Waals surface area contributed by atoms with Crippen molar-refractivity contribution in [1.82, 2.24) is 0 Å². The molecule has 0 heterocycles. The molecule has 1 rings (SSSR count). The van der Waals surface area contributed by atoms with E-state index < -0.39 is 0 Å². The highest BCUT2D eigenvalue weighted by Crippen LogP contribution is 2.24. The first-order valence-electron chi connectivity index (χ1n) is 5.48. The standard InChI is InChI=1S/C12H18FNO2/c1-2-14(7-4-8-15)12-10(9-16)5-3-6-11(12)13/h3,5-6,15-16H,2,4,7-9H2,1H3. The molecule has 90 valence electrons. The van der Waals surface area contributed by atoms with Crippen LogP contribution in [0, 0.1) is 5.82 Å². The van der Waals surface area contributed by atoms with Crippen LogP contribution in [0.5, 0.6) is 0 Å². The molecule has 0 atom stereocenters. The molecule has 0 saturated carbocycles. The zero-order valence-electron chi connectivity index (χ0n) is 9.49. The van der Waals surface area contributed by atoms with E-state index in [9.17, 15) is 4.39 Å². The number of halogens is 1. The molecule has 0 saturated heterocycles. The summed E-state index contributed by atoms with van der Waals surface area (Å²) >= 11 is 0. The number of aliphatic hydroxyl groups is 2. The van der Waals surface area contributed by atoms with Crippen LogP contribution in [0.1, 0.15) is 18.9 Å². The van der Waals surface area contributed by atoms with Crippen molar-refractivity contribution in [2.24, 2.45) is 0 Å². The Morgan fingerprint density at radius 1 is 1.31 bits per heavy atom. The van der Waals surface area contributed by atoms with Crippen LogP contribution in [0.25, 0.3) is 0 Å². The molecule has 2 N–H and O–H groups in total. The van der Waals surface area contributed by atoms with Crippen LogP contribution in [0.4, 0.5) is 10.1 Å². The Balaban J connectivity index is 2.97. The summed E-state index contributed by atoms with van der Waals surface area (Å²) in [5, 5.41) is 18.0. The van der Waals surface area contributed by atoms with Crippen molar-refractivity contribution in [1.29, 1.82) is 0 Å². The Labute approximate surface area is 95.1 Å². The van der Waals surface area contributed by atoms with Crippen molar-refractivity contribution in [3.05, 3.63) is 29.6 Å². The topological polar surface area (TPSA) is 43.7 Å². The van der Waals surface area contributed by atoms with E-state index in [2.05, 4.69) is 0 Å². The van der Waals surface area contributed by atoms with Gasteiger partial charge in [-0.1, -0.05) is 12.1 Å². The van der Waals surface area contributed by atoms with Gasteiger partial charge in [-0.25, -0.2) is 4.39 Å². The second kappa shape index (κ2) is 6.45. The molecule has 0 aromatic heterocycles. The Morgan fingerprint density at radius 3 is 2.62 bits per heavy atom. The first-order chi connectivity index (χ1) is 7.74. The summed E-state index contributed by atoms with van der Waals surface area (Å²) in [5.74, 6) is -0.327. The van der Waals surface area contributed by atoms with E-state index in [-0.39, 0.29) is 19.0 Å². The van der Waals surface area contributed by atoms with Gasteiger partial charge in [0.15, 0.2) is 0 Å². The molecule has 0 unspecified atom stereocenters. The number of anilines is 1. The molecule has 0 aliphatic heterocycles. The predicted molar refractivity (Wildman–Crippen MR) is 61.9 cm³/mol. The average molecular weight is 227 g/mol. The molecular weight excluding hydrogens is 209 g/mol. The van der Waals surface area contributed by atoms with Crippen LogP contribution in [0.15, 0.2) is 18.2 Å². The number of hydrogen-bond donors (Lipinski definition) is 2. The molecule has 0 aliphatic carbocycles. The number of aliphatic hydroxyl groups excluding tert-OH is 2. The number of nitrogens with zero attached hydrogens (tertiary/aromatic N) is 1. The summed E-state index contributed by atoms with van der Waals surface area (Å²) in [5.41, 5.74) is 1.03. The second-order valence-electron chi connectivity index (χ2n) is 3.56. The lowest BCUT2D eigenvalue weighted by Crippen LogP contribution is -2.26. The highest BCUT2D eigenvalue weighted by atomic mass is 19.1. The number of rotatable bonds is 6. The third kappa shape index (κ3) is 2.93. The van der Waals surface area contributed by atoms with E-state index in [0.29, 0.717) is 30.8 Å². The van der Waals surface area contributed by atoms with E-state index in [0.717, 1.165) is 0 Å². The van der Waals surface area contributed by atoms with E-state index in [1.165, 1.54) is 6.07 Å². The molecule has 4 heteroatoms. The molecule has 1 aromatic carbocycles. The van der Waals surface area contributed by atoms with Crippen molar-refractivity contribution in [2.75, 3.05) is 24.6 Å². The molecule has 0 fully saturated rings. The summed E-state index contributed by atoms with van der Waals surface area (Å²) in [6.45, 7) is 3.06. The molecule has 0 amide bonds. The van der Waals surface area contributed by atoms with Gasteiger partial charge >= 0.3 is 0 Å². The quantitative estimate of drug-likeness (QED) is 0.774. The lowest BCUT2D eigenvalue weighted by atomic mass is 10.1. The Morgan fingerprint density at radius 2 is 2.06 bits per heavy atom. The summed E-state index contributed by atoms with van der Waals surface area (Å²) in [6, 6.07) is 4.68. The first-order valence-corrected chi connectivity index (χ1v) is 5.48. The van der Waals surface area contributed by atoms with Gasteiger partial charge in [0.2, 0.25) is 0 Å². The van der Waals surface area contributed by atoms with E-state index in [4.69, 9.17) is 10.2 Å². The van der Waals surface area contributed by atoms with Crippen LogP contribution in [-0.4, -0.2) is 29.9 Å². The summed E-state index contributed by atoms with van der Waals surface area (Å²) < 4.78 is 13.7. The van der Waals surface area contributed by atoms with Gasteiger partial charge in [-0.3, -0.25) is 0 Å². The van der Waals surface area contributed by atoms with Gasteiger partial charge in [0.1, 0.15) is 5.82 Å². The van der Waals surface area contributed by atoms with Crippen molar-refractivity contribution in [3.63, 3.8) is 0 Å². The van der Waals surface area contributed by atoms with E-state index >= 15 is 0 Å². The molecule has 0 bridgehead atoms. The SMILES string of the molecule is CCN(CCCO)c1c(F)cccc1CO. The third-order valence-electron chi connectivity index (χ3n) is 2.52. The minimum absolute atomic E-state index is 0.0827. The fraction of sp³-hybridized carbons (Fsp3) is 0.500. The average Bonchev–Trinajstić information content (AvgIpc) is 2.31. The monoisotopic (exact) mass is 227 g/mol. The largest absolute Gasteiger partial charge is 0.396 e. The molecular formula is C12H18FNO2. The maximum atomic E-state index is 13.7. The molecule has 0 spiro atoms. The van der Waals surface area contributed by atoms with Crippen molar-refractivity contribution >= 4 is 5.69 Å². The van der Waals surface area contributed by atoms with Crippen LogP contribution in [-0.2, 0) is 6.61 Å². The molecule has 1 aromatic rings. The van der Waals surface area contributed by atoms with Crippen LogP contribution in [0.2, 0.25) is 0 Å². The summed E-state index contributed by atoms with van der Waals surface area (Å²) in [6.07, 6.45) is 0.590. The van der Waals surface area contributed by atoms with Gasteiger partial charge in [0, 0.05) is 25.3 Å². The molecule has 3 nitrogen and oxygen atoms in total. The highest BCUT2D eigenvalue weighted by molar-refractivity contribution is 5.54. The molecule has 0 aliphatic rings. The number of hydrogen-bond acceptors (Lipinski definition) is 3. The third-order valence-corrected chi connectivity index (χ3v) is 2.52. The smallest absolute Gasteiger partial charge is 0.146 e. The zero-order valence-corrected chi connectivity index (χ0v) is 9.49. The van der Waals surface area contributed by atoms with Gasteiger partial charge < -0.3 is 15.1 Å². The maximum absolute atomic E-state index is 13.7. The van der Waals surface area contributed by atoms with Crippen LogP contribution in [0.3, 0.4) is 0 Å². The van der Waals surface area contributed by atoms with Gasteiger partial charge in [-0.2, -0.15) is 0 Å². The van der Waals surface area contributed by atoms with Gasteiger partial charge in [0.05, 0.1) is 12.3 Å². The normalized spacial score (nSPS) is 10.5. The minimum Gasteiger partial charge on any atom is -0.396 e. The Hall–Kier alpha value is -1.13. The second-order valence-corrected chi connectivity index (χ2v) is 3.56. The fourth-order valence-electron chi connectivity index (χ4n) is 1.73. The zero-order chi connectivity index (χ0) is 12.0. The van der Waals surface area contributed by atoms with Crippen molar-refractivity contribution < 1.29 is 14.6 Å². The van der Waals surface area contributed by atoms with Gasteiger partial charge in [-0.15, -0.1) is 0 Å². The van der Waals surface area contributed by atoms with Crippen LogP contribution >= 0.6 is 0 Å². The Kier molecular flexibility index (Phi) is 5.22. The Bertz CT molecular complexity index is 331. The summed E-state index contributed by atoms with van der Waals surface area (Å²) in [4.78, 5) is 1.83. The minimum atomic E-state index is -0.327. The van der Waals surface area contributed by atoms with E-state index in [1.807, 2.05) is 11.8 Å². The lowest BCUT2D eigenvalue weighted by molar-refractivity contribution is 0.280. The van der Waals surface area contributed by atoms with Crippen molar-refractivity contribution in [2.45, 2.75) is 20.0 Å². The molecule has 0 radical (unpaired) electrons. The number of para-hydroxylation sites is 1. The highest BCUT2D eigenvalue weighted by Gasteiger charge is 2.13. The van der Waals surface area contributed by atoms with Gasteiger partial charge in [0.25, 0.3) is 0 Å². The van der Waals surface area contributed by atoms with Crippen molar-refractivity contribution in [3.8, 4) is 0 Å².